The number of carbonyl (C=O) groups is 1. The third kappa shape index (κ3) is 3.57. The lowest BCUT2D eigenvalue weighted by Crippen LogP contribution is -2.31. The maximum absolute atomic E-state index is 11.3. The van der Waals surface area contributed by atoms with Gasteiger partial charge in [-0.05, 0) is 17.7 Å². The zero-order chi connectivity index (χ0) is 11.3. The molecule has 0 fully saturated rings. The highest BCUT2D eigenvalue weighted by molar-refractivity contribution is 5.77. The fourth-order valence-corrected chi connectivity index (χ4v) is 1.10. The Bertz CT molecular complexity index is 323. The van der Waals surface area contributed by atoms with Crippen molar-refractivity contribution in [3.05, 3.63) is 29.8 Å². The lowest BCUT2D eigenvalue weighted by Gasteiger charge is -2.13. The molecule has 82 valence electrons. The Labute approximate surface area is 87.1 Å². The minimum Gasteiger partial charge on any atom is -0.508 e. The van der Waals surface area contributed by atoms with E-state index in [4.69, 9.17) is 15.4 Å². The normalized spacial score (nSPS) is 10.0. The summed E-state index contributed by atoms with van der Waals surface area (Å²) in [5, 5.41) is 27.1. The molecule has 0 aliphatic carbocycles. The lowest BCUT2D eigenvalue weighted by atomic mass is 10.1. The SMILES string of the molecule is O=C(Cc1ccc(O)cc1)N(O)CCO. The van der Waals surface area contributed by atoms with Gasteiger partial charge >= 0.3 is 0 Å². The number of carbonyl (C=O) groups excluding carboxylic acids is 1. The van der Waals surface area contributed by atoms with Gasteiger partial charge in [0.1, 0.15) is 5.75 Å². The van der Waals surface area contributed by atoms with E-state index < -0.39 is 5.91 Å². The molecule has 5 heteroatoms. The Balaban J connectivity index is 2.54. The maximum atomic E-state index is 11.3. The largest absolute Gasteiger partial charge is 0.508 e. The molecule has 0 bridgehead atoms. The third-order valence-corrected chi connectivity index (χ3v) is 1.89. The van der Waals surface area contributed by atoms with E-state index in [9.17, 15) is 4.79 Å². The molecule has 0 aromatic heterocycles. The standard InChI is InChI=1S/C10H13NO4/c12-6-5-11(15)10(14)7-8-1-3-9(13)4-2-8/h1-4,12-13,15H,5-7H2. The van der Waals surface area contributed by atoms with Gasteiger partial charge in [-0.3, -0.25) is 10.0 Å². The van der Waals surface area contributed by atoms with Crippen LogP contribution < -0.4 is 0 Å². The first-order chi connectivity index (χ1) is 7.13. The molecule has 5 nitrogen and oxygen atoms in total. The van der Waals surface area contributed by atoms with E-state index >= 15 is 0 Å². The molecule has 0 heterocycles. The first kappa shape index (κ1) is 11.5. The summed E-state index contributed by atoms with van der Waals surface area (Å²) < 4.78 is 0. The number of hydrogen-bond acceptors (Lipinski definition) is 4. The first-order valence-electron chi connectivity index (χ1n) is 4.51. The molecule has 3 N–H and O–H groups in total. The van der Waals surface area contributed by atoms with Crippen molar-refractivity contribution < 1.29 is 20.2 Å². The van der Waals surface area contributed by atoms with Crippen LogP contribution in [-0.2, 0) is 11.2 Å². The van der Waals surface area contributed by atoms with Crippen molar-refractivity contribution in [3.8, 4) is 5.75 Å². The maximum Gasteiger partial charge on any atom is 0.250 e. The molecule has 0 atom stereocenters. The van der Waals surface area contributed by atoms with E-state index in [0.29, 0.717) is 10.6 Å². The molecule has 0 radical (unpaired) electrons. The predicted octanol–water partition coefficient (Wildman–Crippen LogP) is 0.145. The molecular weight excluding hydrogens is 198 g/mol. The molecule has 0 unspecified atom stereocenters. The Kier molecular flexibility index (Phi) is 4.08. The van der Waals surface area contributed by atoms with Crippen molar-refractivity contribution in [2.45, 2.75) is 6.42 Å². The van der Waals surface area contributed by atoms with E-state index in [2.05, 4.69) is 0 Å². The topological polar surface area (TPSA) is 81.0 Å². The lowest BCUT2D eigenvalue weighted by molar-refractivity contribution is -0.166. The van der Waals surface area contributed by atoms with E-state index in [1.807, 2.05) is 0 Å². The van der Waals surface area contributed by atoms with Crippen molar-refractivity contribution in [2.24, 2.45) is 0 Å². The number of aromatic hydroxyl groups is 1. The van der Waals surface area contributed by atoms with E-state index in [1.54, 1.807) is 12.1 Å². The molecule has 0 aliphatic rings. The van der Waals surface area contributed by atoms with Gasteiger partial charge in [0.25, 0.3) is 0 Å². The Hall–Kier alpha value is -1.59. The van der Waals surface area contributed by atoms with Gasteiger partial charge in [-0.15, -0.1) is 0 Å². The fraction of sp³-hybridized carbons (Fsp3) is 0.300. The molecule has 15 heavy (non-hydrogen) atoms. The van der Waals surface area contributed by atoms with Crippen LogP contribution in [0.2, 0.25) is 0 Å². The molecule has 1 amide bonds. The molecule has 1 rings (SSSR count). The summed E-state index contributed by atoms with van der Waals surface area (Å²) in [7, 11) is 0. The molecule has 0 saturated carbocycles. The molecule has 0 spiro atoms. The third-order valence-electron chi connectivity index (χ3n) is 1.89. The highest BCUT2D eigenvalue weighted by Gasteiger charge is 2.10. The van der Waals surface area contributed by atoms with Crippen LogP contribution in [-0.4, -0.2) is 39.5 Å². The number of rotatable bonds is 4. The number of phenols is 1. The number of nitrogens with zero attached hydrogens (tertiary/aromatic N) is 1. The monoisotopic (exact) mass is 211 g/mol. The number of hydroxylamine groups is 2. The summed E-state index contributed by atoms with van der Waals surface area (Å²) in [6.45, 7) is -0.380. The highest BCUT2D eigenvalue weighted by atomic mass is 16.5. The summed E-state index contributed by atoms with van der Waals surface area (Å²) in [6, 6.07) is 6.13. The second kappa shape index (κ2) is 5.33. The van der Waals surface area contributed by atoms with Crippen LogP contribution in [0.5, 0.6) is 5.75 Å². The van der Waals surface area contributed by atoms with Gasteiger partial charge in [-0.2, -0.15) is 0 Å². The number of amides is 1. The number of benzene rings is 1. The summed E-state index contributed by atoms with van der Waals surface area (Å²) >= 11 is 0. The number of hydrogen-bond donors (Lipinski definition) is 3. The van der Waals surface area contributed by atoms with E-state index in [-0.39, 0.29) is 25.3 Å². The Morgan fingerprint density at radius 3 is 2.40 bits per heavy atom. The molecule has 1 aromatic rings. The van der Waals surface area contributed by atoms with E-state index in [1.165, 1.54) is 12.1 Å². The quantitative estimate of drug-likeness (QED) is 0.489. The van der Waals surface area contributed by atoms with Gasteiger partial charge in [0.2, 0.25) is 5.91 Å². The fourth-order valence-electron chi connectivity index (χ4n) is 1.10. The van der Waals surface area contributed by atoms with Crippen LogP contribution in [0.3, 0.4) is 0 Å². The van der Waals surface area contributed by atoms with Gasteiger partial charge in [0, 0.05) is 0 Å². The number of aliphatic hydroxyl groups is 1. The van der Waals surface area contributed by atoms with Crippen LogP contribution in [0, 0.1) is 0 Å². The second-order valence-electron chi connectivity index (χ2n) is 3.08. The van der Waals surface area contributed by atoms with Crippen LogP contribution in [0.25, 0.3) is 0 Å². The average Bonchev–Trinajstić information content (AvgIpc) is 2.22. The van der Waals surface area contributed by atoms with Crippen molar-refractivity contribution >= 4 is 5.91 Å². The van der Waals surface area contributed by atoms with Gasteiger partial charge in [0.05, 0.1) is 19.6 Å². The van der Waals surface area contributed by atoms with E-state index in [0.717, 1.165) is 0 Å². The summed E-state index contributed by atoms with van der Waals surface area (Å²) in [6.07, 6.45) is 0.0385. The zero-order valence-electron chi connectivity index (χ0n) is 8.13. The predicted molar refractivity (Wildman–Crippen MR) is 52.4 cm³/mol. The summed E-state index contributed by atoms with van der Waals surface area (Å²) in [4.78, 5) is 11.3. The van der Waals surface area contributed by atoms with Crippen LogP contribution in [0.1, 0.15) is 5.56 Å². The summed E-state index contributed by atoms with van der Waals surface area (Å²) in [5.41, 5.74) is 0.690. The van der Waals surface area contributed by atoms with Gasteiger partial charge < -0.3 is 10.2 Å². The van der Waals surface area contributed by atoms with Crippen molar-refractivity contribution in [3.63, 3.8) is 0 Å². The van der Waals surface area contributed by atoms with Gasteiger partial charge in [-0.1, -0.05) is 12.1 Å². The zero-order valence-corrected chi connectivity index (χ0v) is 8.13. The highest BCUT2D eigenvalue weighted by Crippen LogP contribution is 2.10. The number of phenolic OH excluding ortho intramolecular Hbond substituents is 1. The van der Waals surface area contributed by atoms with Crippen LogP contribution in [0.15, 0.2) is 24.3 Å². The molecule has 1 aromatic carbocycles. The summed E-state index contributed by atoms with van der Waals surface area (Å²) in [5.74, 6) is -0.364. The minimum absolute atomic E-state index is 0.0385. The minimum atomic E-state index is -0.491. The second-order valence-corrected chi connectivity index (χ2v) is 3.08. The van der Waals surface area contributed by atoms with Crippen LogP contribution >= 0.6 is 0 Å². The Morgan fingerprint density at radius 2 is 1.87 bits per heavy atom. The molecule has 0 saturated heterocycles. The van der Waals surface area contributed by atoms with Gasteiger partial charge in [0.15, 0.2) is 0 Å². The van der Waals surface area contributed by atoms with Gasteiger partial charge in [-0.25, -0.2) is 5.06 Å². The smallest absolute Gasteiger partial charge is 0.250 e. The van der Waals surface area contributed by atoms with Crippen molar-refractivity contribution in [2.75, 3.05) is 13.2 Å². The average molecular weight is 211 g/mol. The van der Waals surface area contributed by atoms with Crippen molar-refractivity contribution in [1.82, 2.24) is 5.06 Å². The molecule has 0 aliphatic heterocycles. The van der Waals surface area contributed by atoms with Crippen LogP contribution in [0.4, 0.5) is 0 Å². The Morgan fingerprint density at radius 1 is 1.27 bits per heavy atom. The first-order valence-corrected chi connectivity index (χ1v) is 4.51. The van der Waals surface area contributed by atoms with Crippen molar-refractivity contribution in [1.29, 1.82) is 0 Å². The molecular formula is C10H13NO4. The number of aliphatic hydroxyl groups excluding tert-OH is 1.